The molecule has 3 aromatic rings. The third-order valence-corrected chi connectivity index (χ3v) is 6.22. The van der Waals surface area contributed by atoms with Crippen molar-refractivity contribution in [2.24, 2.45) is 0 Å². The van der Waals surface area contributed by atoms with E-state index in [1.807, 2.05) is 16.9 Å². The first-order chi connectivity index (χ1) is 13.7. The molecule has 3 heterocycles. The molecule has 0 radical (unpaired) electrons. The Kier molecular flexibility index (Phi) is 4.23. The van der Waals surface area contributed by atoms with E-state index in [0.717, 1.165) is 36.8 Å². The summed E-state index contributed by atoms with van der Waals surface area (Å²) < 4.78 is 0. The van der Waals surface area contributed by atoms with Crippen LogP contribution in [-0.2, 0) is 0 Å². The predicted octanol–water partition coefficient (Wildman–Crippen LogP) is 4.26. The molecule has 1 amide bonds. The maximum absolute atomic E-state index is 13.2. The maximum atomic E-state index is 13.2. The molecule has 2 aliphatic rings. The zero-order valence-electron chi connectivity index (χ0n) is 16.0. The fraction of sp³-hybridized carbons (Fsp3) is 0.348. The molecular weight excluding hydrogens is 348 g/mol. The molecule has 2 bridgehead atoms. The number of aromatic nitrogens is 3. The molecule has 5 heteroatoms. The summed E-state index contributed by atoms with van der Waals surface area (Å²) in [6, 6.07) is 17.4. The molecular formula is C23H24N4O. The molecule has 0 saturated carbocycles. The normalized spacial score (nSPS) is 23.8. The second-order valence-corrected chi connectivity index (χ2v) is 8.02. The van der Waals surface area contributed by atoms with Gasteiger partial charge < -0.3 is 4.90 Å². The quantitative estimate of drug-likeness (QED) is 0.690. The zero-order valence-corrected chi connectivity index (χ0v) is 16.0. The van der Waals surface area contributed by atoms with Gasteiger partial charge in [-0.05, 0) is 55.9 Å². The van der Waals surface area contributed by atoms with E-state index < -0.39 is 0 Å². The van der Waals surface area contributed by atoms with Gasteiger partial charge in [-0.15, -0.1) is 0 Å². The number of benzene rings is 2. The van der Waals surface area contributed by atoms with Crippen LogP contribution in [0.4, 0.5) is 0 Å². The topological polar surface area (TPSA) is 51.0 Å². The van der Waals surface area contributed by atoms with Gasteiger partial charge in [-0.2, -0.15) is 15.0 Å². The molecule has 5 nitrogen and oxygen atoms in total. The summed E-state index contributed by atoms with van der Waals surface area (Å²) in [7, 11) is 0. The number of hydrogen-bond donors (Lipinski definition) is 0. The number of amides is 1. The first-order valence-corrected chi connectivity index (χ1v) is 10.0. The molecule has 0 aliphatic carbocycles. The molecule has 0 N–H and O–H groups in total. The lowest BCUT2D eigenvalue weighted by Gasteiger charge is -2.38. The van der Waals surface area contributed by atoms with Crippen molar-refractivity contribution in [1.82, 2.24) is 19.9 Å². The highest BCUT2D eigenvalue weighted by atomic mass is 16.2. The number of fused-ring (bicyclic) bond motifs is 2. The summed E-state index contributed by atoms with van der Waals surface area (Å²) in [6.45, 7) is 2.09. The first-order valence-electron chi connectivity index (χ1n) is 10.0. The first kappa shape index (κ1) is 17.2. The molecule has 2 aromatic carbocycles. The van der Waals surface area contributed by atoms with E-state index in [9.17, 15) is 4.79 Å². The number of carbonyl (C=O) groups excluding carboxylic acids is 1. The monoisotopic (exact) mass is 372 g/mol. The summed E-state index contributed by atoms with van der Waals surface area (Å²) in [6.07, 6.45) is 7.51. The van der Waals surface area contributed by atoms with E-state index in [1.165, 1.54) is 11.1 Å². The molecule has 5 rings (SSSR count). The van der Waals surface area contributed by atoms with E-state index >= 15 is 0 Å². The van der Waals surface area contributed by atoms with Crippen LogP contribution in [0.25, 0.3) is 11.1 Å². The second kappa shape index (κ2) is 6.89. The Morgan fingerprint density at radius 2 is 1.36 bits per heavy atom. The lowest BCUT2D eigenvalue weighted by Crippen LogP contribution is -2.47. The van der Waals surface area contributed by atoms with Gasteiger partial charge >= 0.3 is 0 Å². The van der Waals surface area contributed by atoms with Gasteiger partial charge in [-0.25, -0.2) is 0 Å². The van der Waals surface area contributed by atoms with Crippen LogP contribution in [0.2, 0.25) is 0 Å². The molecule has 2 fully saturated rings. The summed E-state index contributed by atoms with van der Waals surface area (Å²) >= 11 is 0. The minimum atomic E-state index is 0.162. The lowest BCUT2D eigenvalue weighted by atomic mass is 9.96. The van der Waals surface area contributed by atoms with Gasteiger partial charge in [0.2, 0.25) is 0 Å². The molecule has 142 valence electrons. The van der Waals surface area contributed by atoms with Crippen LogP contribution in [-0.4, -0.2) is 37.9 Å². The SMILES string of the molecule is Cc1ccc(-c2ccc(C(=O)N3C4CCC3CC(n3nccn3)C4)cc2)cc1. The number of carbonyl (C=O) groups is 1. The summed E-state index contributed by atoms with van der Waals surface area (Å²) in [5, 5.41) is 8.62. The van der Waals surface area contributed by atoms with Gasteiger partial charge in [0.25, 0.3) is 5.91 Å². The summed E-state index contributed by atoms with van der Waals surface area (Å²) in [5.74, 6) is 0.162. The molecule has 2 atom stereocenters. The number of nitrogens with zero attached hydrogens (tertiary/aromatic N) is 4. The lowest BCUT2D eigenvalue weighted by molar-refractivity contribution is 0.0512. The van der Waals surface area contributed by atoms with Crippen molar-refractivity contribution >= 4 is 5.91 Å². The molecule has 0 spiro atoms. The van der Waals surface area contributed by atoms with Gasteiger partial charge in [0.1, 0.15) is 0 Å². The molecule has 1 aromatic heterocycles. The van der Waals surface area contributed by atoms with Crippen molar-refractivity contribution in [3.05, 3.63) is 72.1 Å². The van der Waals surface area contributed by atoms with Crippen LogP contribution in [0.5, 0.6) is 0 Å². The van der Waals surface area contributed by atoms with Gasteiger partial charge in [-0.1, -0.05) is 42.0 Å². The average Bonchev–Trinajstić information content (AvgIpc) is 3.35. The second-order valence-electron chi connectivity index (χ2n) is 8.02. The van der Waals surface area contributed by atoms with Crippen molar-refractivity contribution < 1.29 is 4.79 Å². The van der Waals surface area contributed by atoms with Crippen LogP contribution in [0.15, 0.2) is 60.9 Å². The van der Waals surface area contributed by atoms with Crippen LogP contribution < -0.4 is 0 Å². The van der Waals surface area contributed by atoms with Crippen molar-refractivity contribution in [3.63, 3.8) is 0 Å². The molecule has 28 heavy (non-hydrogen) atoms. The standard InChI is InChI=1S/C23H24N4O/c1-16-2-4-17(5-3-16)18-6-8-19(9-7-18)23(28)26-20-10-11-21(26)15-22(14-20)27-24-12-13-25-27/h2-9,12-13,20-22H,10-11,14-15H2,1H3. The van der Waals surface area contributed by atoms with E-state index in [0.29, 0.717) is 18.1 Å². The van der Waals surface area contributed by atoms with Crippen molar-refractivity contribution in [1.29, 1.82) is 0 Å². The fourth-order valence-corrected chi connectivity index (χ4v) is 4.78. The van der Waals surface area contributed by atoms with Crippen molar-refractivity contribution in [2.75, 3.05) is 0 Å². The highest BCUT2D eigenvalue weighted by Gasteiger charge is 2.44. The number of piperidine rings is 1. The Balaban J connectivity index is 1.33. The summed E-state index contributed by atoms with van der Waals surface area (Å²) in [4.78, 5) is 17.2. The minimum Gasteiger partial charge on any atom is -0.333 e. The van der Waals surface area contributed by atoms with Gasteiger partial charge in [0.05, 0.1) is 18.4 Å². The summed E-state index contributed by atoms with van der Waals surface area (Å²) in [5.41, 5.74) is 4.35. The maximum Gasteiger partial charge on any atom is 0.254 e. The molecule has 2 unspecified atom stereocenters. The largest absolute Gasteiger partial charge is 0.333 e. The Hall–Kier alpha value is -2.95. The molecule has 2 aliphatic heterocycles. The highest BCUT2D eigenvalue weighted by Crippen LogP contribution is 2.41. The smallest absolute Gasteiger partial charge is 0.254 e. The minimum absolute atomic E-state index is 0.162. The number of rotatable bonds is 3. The number of aryl methyl sites for hydroxylation is 1. The fourth-order valence-electron chi connectivity index (χ4n) is 4.78. The van der Waals surface area contributed by atoms with Crippen molar-refractivity contribution in [3.8, 4) is 11.1 Å². The third-order valence-electron chi connectivity index (χ3n) is 6.22. The Labute approximate surface area is 165 Å². The highest BCUT2D eigenvalue weighted by molar-refractivity contribution is 5.95. The Morgan fingerprint density at radius 1 is 0.821 bits per heavy atom. The average molecular weight is 372 g/mol. The number of hydrogen-bond acceptors (Lipinski definition) is 3. The Morgan fingerprint density at radius 3 is 1.93 bits per heavy atom. The van der Waals surface area contributed by atoms with Crippen LogP contribution in [0, 0.1) is 6.92 Å². The van der Waals surface area contributed by atoms with E-state index in [2.05, 4.69) is 58.4 Å². The van der Waals surface area contributed by atoms with E-state index in [-0.39, 0.29) is 5.91 Å². The third kappa shape index (κ3) is 3.01. The van der Waals surface area contributed by atoms with Gasteiger partial charge in [0.15, 0.2) is 0 Å². The van der Waals surface area contributed by atoms with Crippen LogP contribution in [0.1, 0.15) is 47.6 Å². The van der Waals surface area contributed by atoms with Gasteiger partial charge in [-0.3, -0.25) is 4.79 Å². The van der Waals surface area contributed by atoms with Crippen LogP contribution in [0.3, 0.4) is 0 Å². The van der Waals surface area contributed by atoms with E-state index in [4.69, 9.17) is 0 Å². The van der Waals surface area contributed by atoms with Crippen LogP contribution >= 0.6 is 0 Å². The molecule has 2 saturated heterocycles. The predicted molar refractivity (Wildman–Crippen MR) is 108 cm³/mol. The van der Waals surface area contributed by atoms with Gasteiger partial charge in [0, 0.05) is 17.6 Å². The zero-order chi connectivity index (χ0) is 19.1. The van der Waals surface area contributed by atoms with E-state index in [1.54, 1.807) is 12.4 Å². The van der Waals surface area contributed by atoms with Crippen molar-refractivity contribution in [2.45, 2.75) is 50.7 Å². The Bertz CT molecular complexity index is 949.